The molecule has 0 aromatic carbocycles. The summed E-state index contributed by atoms with van der Waals surface area (Å²) in [5.41, 5.74) is 1.31. The molecule has 2 aromatic heterocycles. The summed E-state index contributed by atoms with van der Waals surface area (Å²) in [6.45, 7) is 10.8. The number of nitrogens with zero attached hydrogens (tertiary/aromatic N) is 5. The summed E-state index contributed by atoms with van der Waals surface area (Å²) in [5.74, 6) is 1.80. The summed E-state index contributed by atoms with van der Waals surface area (Å²) in [5, 5.41) is 4.38. The van der Waals surface area contributed by atoms with E-state index in [-0.39, 0.29) is 0 Å². The molecule has 22 heavy (non-hydrogen) atoms. The van der Waals surface area contributed by atoms with Gasteiger partial charge in [0, 0.05) is 55.7 Å². The van der Waals surface area contributed by atoms with Gasteiger partial charge in [0.05, 0.1) is 6.20 Å². The van der Waals surface area contributed by atoms with E-state index in [1.54, 1.807) is 0 Å². The number of imidazole rings is 1. The number of aromatic nitrogens is 4. The second-order valence-electron chi connectivity index (χ2n) is 6.57. The maximum absolute atomic E-state index is 4.64. The topological polar surface area (TPSA) is 38.9 Å². The lowest BCUT2D eigenvalue weighted by Gasteiger charge is -2.32. The van der Waals surface area contributed by atoms with Crippen LogP contribution in [-0.4, -0.2) is 37.3 Å². The minimum Gasteiger partial charge on any atom is -0.332 e. The summed E-state index contributed by atoms with van der Waals surface area (Å²) < 4.78 is 4.32. The van der Waals surface area contributed by atoms with Crippen molar-refractivity contribution < 1.29 is 0 Å². The molecule has 0 aliphatic carbocycles. The number of piperidine rings is 1. The lowest BCUT2D eigenvalue weighted by Crippen LogP contribution is -2.35. The molecule has 1 aliphatic heterocycles. The third-order valence-corrected chi connectivity index (χ3v) is 4.54. The average molecular weight is 301 g/mol. The van der Waals surface area contributed by atoms with Crippen LogP contribution in [0, 0.1) is 0 Å². The zero-order valence-corrected chi connectivity index (χ0v) is 13.9. The second-order valence-corrected chi connectivity index (χ2v) is 6.57. The van der Waals surface area contributed by atoms with Crippen molar-refractivity contribution in [3.63, 3.8) is 0 Å². The Bertz CT molecular complexity index is 598. The summed E-state index contributed by atoms with van der Waals surface area (Å²) in [6.07, 6.45) is 10.7. The smallest absolute Gasteiger partial charge is 0.113 e. The summed E-state index contributed by atoms with van der Waals surface area (Å²) >= 11 is 0. The van der Waals surface area contributed by atoms with E-state index >= 15 is 0 Å². The molecule has 1 unspecified atom stereocenters. The van der Waals surface area contributed by atoms with Crippen molar-refractivity contribution in [3.8, 4) is 0 Å². The standard InChI is InChI=1S/C17H27N5/c1-4-21-12-15(10-19-21)11-20-8-5-6-16(13-20)17-18-7-9-22(17)14(2)3/h7,9-10,12,14,16H,4-6,8,11,13H2,1-3H3. The fraction of sp³-hybridized carbons (Fsp3) is 0.647. The van der Waals surface area contributed by atoms with Crippen molar-refractivity contribution in [1.82, 2.24) is 24.2 Å². The predicted molar refractivity (Wildman–Crippen MR) is 87.8 cm³/mol. The Labute approximate surface area is 133 Å². The highest BCUT2D eigenvalue weighted by atomic mass is 15.3. The Morgan fingerprint density at radius 1 is 1.36 bits per heavy atom. The largest absolute Gasteiger partial charge is 0.332 e. The number of hydrogen-bond acceptors (Lipinski definition) is 3. The first kappa shape index (κ1) is 15.3. The van der Waals surface area contributed by atoms with Gasteiger partial charge < -0.3 is 4.57 Å². The normalized spacial score (nSPS) is 19.9. The zero-order valence-electron chi connectivity index (χ0n) is 13.9. The quantitative estimate of drug-likeness (QED) is 0.852. The highest BCUT2D eigenvalue weighted by Crippen LogP contribution is 2.28. The second kappa shape index (κ2) is 6.65. The maximum Gasteiger partial charge on any atom is 0.113 e. The van der Waals surface area contributed by atoms with Crippen molar-refractivity contribution in [1.29, 1.82) is 0 Å². The number of aryl methyl sites for hydroxylation is 1. The van der Waals surface area contributed by atoms with Gasteiger partial charge in [0.2, 0.25) is 0 Å². The van der Waals surface area contributed by atoms with Crippen molar-refractivity contribution >= 4 is 0 Å². The van der Waals surface area contributed by atoms with Gasteiger partial charge >= 0.3 is 0 Å². The zero-order chi connectivity index (χ0) is 15.5. The van der Waals surface area contributed by atoms with Crippen molar-refractivity contribution in [2.75, 3.05) is 13.1 Å². The molecule has 3 rings (SSSR count). The van der Waals surface area contributed by atoms with Gasteiger partial charge in [-0.25, -0.2) is 4.98 Å². The third kappa shape index (κ3) is 3.24. The Hall–Kier alpha value is -1.62. The average Bonchev–Trinajstić information content (AvgIpc) is 3.16. The molecule has 5 heteroatoms. The molecule has 1 saturated heterocycles. The molecular weight excluding hydrogens is 274 g/mol. The molecule has 2 aromatic rings. The molecule has 0 saturated carbocycles. The van der Waals surface area contributed by atoms with Gasteiger partial charge in [-0.3, -0.25) is 9.58 Å². The van der Waals surface area contributed by atoms with Gasteiger partial charge in [0.15, 0.2) is 0 Å². The van der Waals surface area contributed by atoms with Crippen LogP contribution in [0.4, 0.5) is 0 Å². The molecule has 3 heterocycles. The highest BCUT2D eigenvalue weighted by Gasteiger charge is 2.25. The monoisotopic (exact) mass is 301 g/mol. The molecule has 0 radical (unpaired) electrons. The third-order valence-electron chi connectivity index (χ3n) is 4.54. The van der Waals surface area contributed by atoms with Crippen LogP contribution in [-0.2, 0) is 13.1 Å². The van der Waals surface area contributed by atoms with Crippen LogP contribution in [0.3, 0.4) is 0 Å². The molecule has 1 fully saturated rings. The molecule has 0 N–H and O–H groups in total. The van der Waals surface area contributed by atoms with Gasteiger partial charge in [-0.05, 0) is 40.2 Å². The van der Waals surface area contributed by atoms with Gasteiger partial charge in [-0.1, -0.05) is 0 Å². The first-order valence-corrected chi connectivity index (χ1v) is 8.43. The van der Waals surface area contributed by atoms with Crippen molar-refractivity contribution in [2.24, 2.45) is 0 Å². The van der Waals surface area contributed by atoms with Crippen LogP contribution in [0.1, 0.15) is 57.0 Å². The minimum absolute atomic E-state index is 0.482. The highest BCUT2D eigenvalue weighted by molar-refractivity contribution is 5.07. The van der Waals surface area contributed by atoms with E-state index in [9.17, 15) is 0 Å². The Balaban J connectivity index is 1.67. The molecule has 0 spiro atoms. The van der Waals surface area contributed by atoms with Gasteiger partial charge in [-0.2, -0.15) is 5.10 Å². The Morgan fingerprint density at radius 2 is 2.23 bits per heavy atom. The van der Waals surface area contributed by atoms with E-state index in [4.69, 9.17) is 0 Å². The Kier molecular flexibility index (Phi) is 4.62. The van der Waals surface area contributed by atoms with Crippen LogP contribution in [0.2, 0.25) is 0 Å². The summed E-state index contributed by atoms with van der Waals surface area (Å²) in [4.78, 5) is 7.19. The van der Waals surface area contributed by atoms with E-state index in [1.807, 2.05) is 17.1 Å². The Morgan fingerprint density at radius 3 is 2.95 bits per heavy atom. The first-order valence-electron chi connectivity index (χ1n) is 8.43. The number of hydrogen-bond donors (Lipinski definition) is 0. The lowest BCUT2D eigenvalue weighted by molar-refractivity contribution is 0.194. The molecule has 1 aliphatic rings. The molecule has 120 valence electrons. The van der Waals surface area contributed by atoms with Crippen LogP contribution in [0.25, 0.3) is 0 Å². The first-order chi connectivity index (χ1) is 10.7. The van der Waals surface area contributed by atoms with Gasteiger partial charge in [-0.15, -0.1) is 0 Å². The van der Waals surface area contributed by atoms with Crippen molar-refractivity contribution in [2.45, 2.75) is 58.7 Å². The fourth-order valence-corrected chi connectivity index (χ4v) is 3.41. The van der Waals surface area contributed by atoms with Crippen LogP contribution in [0.5, 0.6) is 0 Å². The van der Waals surface area contributed by atoms with Crippen LogP contribution < -0.4 is 0 Å². The van der Waals surface area contributed by atoms with E-state index in [0.717, 1.165) is 19.6 Å². The molecule has 1 atom stereocenters. The summed E-state index contributed by atoms with van der Waals surface area (Å²) in [7, 11) is 0. The van der Waals surface area contributed by atoms with E-state index in [0.29, 0.717) is 12.0 Å². The van der Waals surface area contributed by atoms with Gasteiger partial charge in [0.25, 0.3) is 0 Å². The van der Waals surface area contributed by atoms with E-state index in [2.05, 4.69) is 52.7 Å². The molecule has 0 amide bonds. The van der Waals surface area contributed by atoms with Crippen LogP contribution in [0.15, 0.2) is 24.8 Å². The predicted octanol–water partition coefficient (Wildman–Crippen LogP) is 3.06. The SMILES string of the molecule is CCn1cc(CN2CCCC(c3nccn3C(C)C)C2)cn1. The van der Waals surface area contributed by atoms with E-state index in [1.165, 1.54) is 30.8 Å². The number of rotatable bonds is 5. The summed E-state index contributed by atoms with van der Waals surface area (Å²) in [6, 6.07) is 0.482. The lowest BCUT2D eigenvalue weighted by atomic mass is 9.96. The van der Waals surface area contributed by atoms with E-state index < -0.39 is 0 Å². The van der Waals surface area contributed by atoms with Crippen LogP contribution >= 0.6 is 0 Å². The molecule has 5 nitrogen and oxygen atoms in total. The maximum atomic E-state index is 4.64. The number of likely N-dealkylation sites (tertiary alicyclic amines) is 1. The molecular formula is C17H27N5. The minimum atomic E-state index is 0.482. The fourth-order valence-electron chi connectivity index (χ4n) is 3.41. The molecule has 0 bridgehead atoms. The van der Waals surface area contributed by atoms with Gasteiger partial charge in [0.1, 0.15) is 5.82 Å². The van der Waals surface area contributed by atoms with Crippen molar-refractivity contribution in [3.05, 3.63) is 36.2 Å².